The molecule has 5 nitrogen and oxygen atoms in total. The molecule has 1 aliphatic heterocycles. The second-order valence-electron chi connectivity index (χ2n) is 3.48. The van der Waals surface area contributed by atoms with E-state index in [0.717, 1.165) is 6.54 Å². The Labute approximate surface area is 99.3 Å². The number of halogens is 1. The zero-order chi connectivity index (χ0) is 11.4. The second-order valence-corrected chi connectivity index (χ2v) is 3.78. The molecular formula is C10H14ClN3O2. The van der Waals surface area contributed by atoms with E-state index < -0.39 is 0 Å². The van der Waals surface area contributed by atoms with Gasteiger partial charge in [0.05, 0.1) is 26.4 Å². The summed E-state index contributed by atoms with van der Waals surface area (Å²) in [5.41, 5.74) is 0. The minimum Gasteiger partial charge on any atom is -0.481 e. The van der Waals surface area contributed by atoms with Crippen LogP contribution in [0.4, 0.5) is 5.95 Å². The zero-order valence-corrected chi connectivity index (χ0v) is 9.85. The van der Waals surface area contributed by atoms with E-state index in [1.54, 1.807) is 19.4 Å². The smallest absolute Gasteiger partial charge is 0.229 e. The molecule has 2 rings (SSSR count). The lowest BCUT2D eigenvalue weighted by molar-refractivity contribution is 0.0988. The van der Waals surface area contributed by atoms with Crippen molar-refractivity contribution >= 4 is 17.5 Å². The van der Waals surface area contributed by atoms with E-state index >= 15 is 0 Å². The number of ether oxygens (including phenoxy) is 2. The maximum Gasteiger partial charge on any atom is 0.229 e. The first-order valence-corrected chi connectivity index (χ1v) is 5.66. The molecule has 0 N–H and O–H groups in total. The van der Waals surface area contributed by atoms with Gasteiger partial charge in [-0.05, 0) is 0 Å². The van der Waals surface area contributed by atoms with Crippen molar-refractivity contribution in [3.05, 3.63) is 12.3 Å². The molecule has 0 saturated carbocycles. The summed E-state index contributed by atoms with van der Waals surface area (Å²) >= 11 is 5.89. The third-order valence-corrected chi connectivity index (χ3v) is 2.85. The molecule has 1 unspecified atom stereocenters. The molecule has 0 aromatic carbocycles. The highest BCUT2D eigenvalue weighted by atomic mass is 35.5. The van der Waals surface area contributed by atoms with Crippen molar-refractivity contribution < 1.29 is 9.47 Å². The Morgan fingerprint density at radius 3 is 3.31 bits per heavy atom. The molecule has 2 heterocycles. The fraction of sp³-hybridized carbons (Fsp3) is 0.600. The highest BCUT2D eigenvalue weighted by Gasteiger charge is 2.24. The van der Waals surface area contributed by atoms with Gasteiger partial charge in [-0.15, -0.1) is 11.6 Å². The minimum absolute atomic E-state index is 0.127. The van der Waals surface area contributed by atoms with E-state index in [-0.39, 0.29) is 6.04 Å². The Hall–Kier alpha value is -1.07. The van der Waals surface area contributed by atoms with Crippen molar-refractivity contribution in [3.63, 3.8) is 0 Å². The van der Waals surface area contributed by atoms with Crippen LogP contribution in [0.2, 0.25) is 0 Å². The SMILES string of the molecule is COc1ccnc(N2CCOCC2CCl)n1. The van der Waals surface area contributed by atoms with Crippen LogP contribution in [0.1, 0.15) is 0 Å². The quantitative estimate of drug-likeness (QED) is 0.740. The normalized spacial score (nSPS) is 20.9. The van der Waals surface area contributed by atoms with Crippen LogP contribution >= 0.6 is 11.6 Å². The third-order valence-electron chi connectivity index (χ3n) is 2.49. The van der Waals surface area contributed by atoms with Crippen LogP contribution < -0.4 is 9.64 Å². The third kappa shape index (κ3) is 2.36. The largest absolute Gasteiger partial charge is 0.481 e. The Balaban J connectivity index is 2.20. The molecule has 1 saturated heterocycles. The van der Waals surface area contributed by atoms with Gasteiger partial charge in [-0.1, -0.05) is 0 Å². The highest BCUT2D eigenvalue weighted by Crippen LogP contribution is 2.18. The average molecular weight is 244 g/mol. The standard InChI is InChI=1S/C10H14ClN3O2/c1-15-9-2-3-12-10(13-9)14-4-5-16-7-8(14)6-11/h2-3,8H,4-7H2,1H3. The highest BCUT2D eigenvalue weighted by molar-refractivity contribution is 6.18. The monoisotopic (exact) mass is 243 g/mol. The van der Waals surface area contributed by atoms with E-state index in [1.807, 2.05) is 0 Å². The Bertz CT molecular complexity index is 351. The maximum absolute atomic E-state index is 5.89. The van der Waals surface area contributed by atoms with Crippen LogP contribution in [0.25, 0.3) is 0 Å². The lowest BCUT2D eigenvalue weighted by Gasteiger charge is -2.34. The number of rotatable bonds is 3. The fourth-order valence-electron chi connectivity index (χ4n) is 1.63. The summed E-state index contributed by atoms with van der Waals surface area (Å²) < 4.78 is 10.4. The Kier molecular flexibility index (Phi) is 3.79. The molecule has 88 valence electrons. The van der Waals surface area contributed by atoms with E-state index in [4.69, 9.17) is 21.1 Å². The van der Waals surface area contributed by atoms with E-state index in [1.165, 1.54) is 0 Å². The lowest BCUT2D eigenvalue weighted by Crippen LogP contribution is -2.47. The van der Waals surface area contributed by atoms with Gasteiger partial charge in [0.25, 0.3) is 0 Å². The Morgan fingerprint density at radius 2 is 2.56 bits per heavy atom. The van der Waals surface area contributed by atoms with Gasteiger partial charge in [0.15, 0.2) is 0 Å². The summed E-state index contributed by atoms with van der Waals surface area (Å²) in [7, 11) is 1.59. The van der Waals surface area contributed by atoms with E-state index in [0.29, 0.717) is 30.9 Å². The first-order chi connectivity index (χ1) is 7.85. The van der Waals surface area contributed by atoms with Crippen LogP contribution in [0.5, 0.6) is 5.88 Å². The summed E-state index contributed by atoms with van der Waals surface area (Å²) in [5, 5.41) is 0. The fourth-order valence-corrected chi connectivity index (χ4v) is 1.89. The summed E-state index contributed by atoms with van der Waals surface area (Å²) in [6, 6.07) is 1.85. The first-order valence-electron chi connectivity index (χ1n) is 5.12. The van der Waals surface area contributed by atoms with Crippen LogP contribution in [-0.4, -0.2) is 48.8 Å². The van der Waals surface area contributed by atoms with Crippen LogP contribution in [0.15, 0.2) is 12.3 Å². The van der Waals surface area contributed by atoms with Crippen LogP contribution in [0, 0.1) is 0 Å². The van der Waals surface area contributed by atoms with Gasteiger partial charge in [-0.3, -0.25) is 0 Å². The maximum atomic E-state index is 5.89. The predicted octanol–water partition coefficient (Wildman–Crippen LogP) is 0.929. The molecule has 1 atom stereocenters. The number of hydrogen-bond donors (Lipinski definition) is 0. The molecule has 1 fully saturated rings. The van der Waals surface area contributed by atoms with Gasteiger partial charge in [-0.25, -0.2) is 4.98 Å². The number of methoxy groups -OCH3 is 1. The molecule has 0 spiro atoms. The van der Waals surface area contributed by atoms with E-state index in [2.05, 4.69) is 14.9 Å². The molecule has 6 heteroatoms. The van der Waals surface area contributed by atoms with Crippen LogP contribution in [0.3, 0.4) is 0 Å². The molecular weight excluding hydrogens is 230 g/mol. The number of alkyl halides is 1. The molecule has 0 amide bonds. The predicted molar refractivity (Wildman–Crippen MR) is 61.3 cm³/mol. The number of anilines is 1. The summed E-state index contributed by atoms with van der Waals surface area (Å²) in [6.07, 6.45) is 1.68. The number of aromatic nitrogens is 2. The summed E-state index contributed by atoms with van der Waals surface area (Å²) in [4.78, 5) is 10.6. The summed E-state index contributed by atoms with van der Waals surface area (Å²) in [5.74, 6) is 1.71. The minimum atomic E-state index is 0.127. The van der Waals surface area contributed by atoms with Crippen molar-refractivity contribution in [2.24, 2.45) is 0 Å². The van der Waals surface area contributed by atoms with Gasteiger partial charge in [0.2, 0.25) is 11.8 Å². The van der Waals surface area contributed by atoms with Crippen molar-refractivity contribution in [2.45, 2.75) is 6.04 Å². The molecule has 1 aromatic heterocycles. The molecule has 0 aliphatic carbocycles. The molecule has 0 radical (unpaired) electrons. The van der Waals surface area contributed by atoms with Gasteiger partial charge in [-0.2, -0.15) is 4.98 Å². The zero-order valence-electron chi connectivity index (χ0n) is 9.10. The van der Waals surface area contributed by atoms with Gasteiger partial charge >= 0.3 is 0 Å². The van der Waals surface area contributed by atoms with Crippen molar-refractivity contribution in [2.75, 3.05) is 37.6 Å². The van der Waals surface area contributed by atoms with E-state index in [9.17, 15) is 0 Å². The first kappa shape index (κ1) is 11.4. The van der Waals surface area contributed by atoms with Crippen LogP contribution in [-0.2, 0) is 4.74 Å². The van der Waals surface area contributed by atoms with Crippen molar-refractivity contribution in [3.8, 4) is 5.88 Å². The van der Waals surface area contributed by atoms with Gasteiger partial charge in [0.1, 0.15) is 0 Å². The number of morpholine rings is 1. The average Bonchev–Trinajstić information content (AvgIpc) is 2.38. The number of nitrogens with zero attached hydrogens (tertiary/aromatic N) is 3. The topological polar surface area (TPSA) is 47.5 Å². The molecule has 0 bridgehead atoms. The molecule has 1 aromatic rings. The molecule has 16 heavy (non-hydrogen) atoms. The second kappa shape index (κ2) is 5.32. The van der Waals surface area contributed by atoms with Crippen molar-refractivity contribution in [1.82, 2.24) is 9.97 Å². The summed E-state index contributed by atoms with van der Waals surface area (Å²) in [6.45, 7) is 2.04. The number of hydrogen-bond acceptors (Lipinski definition) is 5. The van der Waals surface area contributed by atoms with Gasteiger partial charge < -0.3 is 14.4 Å². The van der Waals surface area contributed by atoms with Crippen molar-refractivity contribution in [1.29, 1.82) is 0 Å². The Morgan fingerprint density at radius 1 is 1.69 bits per heavy atom. The van der Waals surface area contributed by atoms with Gasteiger partial charge in [0, 0.05) is 24.7 Å². The lowest BCUT2D eigenvalue weighted by atomic mass is 10.3. The molecule has 1 aliphatic rings.